The molecule has 0 spiro atoms. The van der Waals surface area contributed by atoms with Crippen molar-refractivity contribution in [1.29, 1.82) is 0 Å². The lowest BCUT2D eigenvalue weighted by Gasteiger charge is -2.27. The van der Waals surface area contributed by atoms with E-state index in [0.717, 1.165) is 5.56 Å². The number of benzene rings is 1. The van der Waals surface area contributed by atoms with Gasteiger partial charge in [-0.15, -0.1) is 0 Å². The van der Waals surface area contributed by atoms with E-state index in [0.29, 0.717) is 32.0 Å². The Labute approximate surface area is 127 Å². The lowest BCUT2D eigenvalue weighted by atomic mass is 9.96. The van der Waals surface area contributed by atoms with Crippen LogP contribution in [0.2, 0.25) is 0 Å². The molecule has 0 bridgehead atoms. The lowest BCUT2D eigenvalue weighted by Crippen LogP contribution is -2.46. The van der Waals surface area contributed by atoms with E-state index in [1.165, 1.54) is 5.56 Å². The van der Waals surface area contributed by atoms with E-state index >= 15 is 0 Å². The van der Waals surface area contributed by atoms with Crippen molar-refractivity contribution in [2.75, 3.05) is 19.7 Å². The summed E-state index contributed by atoms with van der Waals surface area (Å²) in [5.74, 6) is 0.493. The third-order valence-electron chi connectivity index (χ3n) is 4.42. The van der Waals surface area contributed by atoms with Gasteiger partial charge in [-0.05, 0) is 24.0 Å². The second-order valence-corrected chi connectivity index (χ2v) is 6.33. The monoisotopic (exact) mass is 293 g/mol. The van der Waals surface area contributed by atoms with Crippen LogP contribution in [0.15, 0.2) is 24.3 Å². The van der Waals surface area contributed by atoms with Crippen LogP contribution >= 0.6 is 0 Å². The first-order chi connectivity index (χ1) is 9.92. The second kappa shape index (κ2) is 6.88. The SMILES string of the molecule is CC(C)c1ccc(C(O)CNCC2(O)CCOC2C)cc1. The van der Waals surface area contributed by atoms with Gasteiger partial charge in [0, 0.05) is 26.1 Å². The third-order valence-corrected chi connectivity index (χ3v) is 4.42. The Morgan fingerprint density at radius 3 is 2.43 bits per heavy atom. The molecule has 1 fully saturated rings. The molecule has 0 aliphatic carbocycles. The summed E-state index contributed by atoms with van der Waals surface area (Å²) in [5, 5.41) is 23.7. The zero-order chi connectivity index (χ0) is 15.5. The summed E-state index contributed by atoms with van der Waals surface area (Å²) >= 11 is 0. The normalized spacial score (nSPS) is 27.2. The van der Waals surface area contributed by atoms with Crippen molar-refractivity contribution in [2.24, 2.45) is 0 Å². The summed E-state index contributed by atoms with van der Waals surface area (Å²) in [4.78, 5) is 0. The van der Waals surface area contributed by atoms with E-state index in [2.05, 4.69) is 31.3 Å². The zero-order valence-electron chi connectivity index (χ0n) is 13.2. The van der Waals surface area contributed by atoms with Crippen LogP contribution in [0.3, 0.4) is 0 Å². The average molecular weight is 293 g/mol. The van der Waals surface area contributed by atoms with Crippen LogP contribution in [-0.4, -0.2) is 41.6 Å². The lowest BCUT2D eigenvalue weighted by molar-refractivity contribution is -0.0274. The van der Waals surface area contributed by atoms with E-state index in [-0.39, 0.29) is 6.10 Å². The molecule has 118 valence electrons. The Bertz CT molecular complexity index is 446. The van der Waals surface area contributed by atoms with Crippen LogP contribution in [0.25, 0.3) is 0 Å². The van der Waals surface area contributed by atoms with Gasteiger partial charge in [0.15, 0.2) is 0 Å². The smallest absolute Gasteiger partial charge is 0.105 e. The number of rotatable bonds is 6. The highest BCUT2D eigenvalue weighted by Gasteiger charge is 2.39. The van der Waals surface area contributed by atoms with Crippen molar-refractivity contribution in [3.63, 3.8) is 0 Å². The standard InChI is InChI=1S/C17H27NO3/c1-12(2)14-4-6-15(7-5-14)16(19)10-18-11-17(20)8-9-21-13(17)3/h4-7,12-13,16,18-20H,8-11H2,1-3H3. The van der Waals surface area contributed by atoms with E-state index in [4.69, 9.17) is 4.74 Å². The molecule has 0 amide bonds. The number of nitrogens with one attached hydrogen (secondary N) is 1. The third kappa shape index (κ3) is 4.04. The highest BCUT2D eigenvalue weighted by Crippen LogP contribution is 2.25. The molecule has 1 aromatic carbocycles. The van der Waals surface area contributed by atoms with Gasteiger partial charge in [-0.1, -0.05) is 38.1 Å². The van der Waals surface area contributed by atoms with Crippen molar-refractivity contribution in [1.82, 2.24) is 5.32 Å². The summed E-state index contributed by atoms with van der Waals surface area (Å²) in [5.41, 5.74) is 1.35. The molecule has 0 radical (unpaired) electrons. The van der Waals surface area contributed by atoms with Gasteiger partial charge >= 0.3 is 0 Å². The topological polar surface area (TPSA) is 61.7 Å². The molecular weight excluding hydrogens is 266 g/mol. The van der Waals surface area contributed by atoms with Gasteiger partial charge in [-0.25, -0.2) is 0 Å². The van der Waals surface area contributed by atoms with Gasteiger partial charge in [0.1, 0.15) is 5.60 Å². The van der Waals surface area contributed by atoms with Crippen molar-refractivity contribution in [2.45, 2.75) is 50.9 Å². The van der Waals surface area contributed by atoms with Crippen molar-refractivity contribution >= 4 is 0 Å². The van der Waals surface area contributed by atoms with Gasteiger partial charge < -0.3 is 20.3 Å². The number of hydrogen-bond donors (Lipinski definition) is 3. The Kier molecular flexibility index (Phi) is 5.38. The summed E-state index contributed by atoms with van der Waals surface area (Å²) in [6, 6.07) is 8.06. The van der Waals surface area contributed by atoms with Crippen LogP contribution < -0.4 is 5.32 Å². The maximum atomic E-state index is 10.4. The minimum Gasteiger partial charge on any atom is -0.387 e. The number of ether oxygens (including phenoxy) is 1. The minimum atomic E-state index is -0.818. The average Bonchev–Trinajstić information content (AvgIpc) is 2.78. The molecule has 1 saturated heterocycles. The van der Waals surface area contributed by atoms with Gasteiger partial charge in [-0.3, -0.25) is 0 Å². The Morgan fingerprint density at radius 2 is 1.90 bits per heavy atom. The molecule has 3 unspecified atom stereocenters. The maximum absolute atomic E-state index is 10.4. The number of hydrogen-bond acceptors (Lipinski definition) is 4. The first-order valence-corrected chi connectivity index (χ1v) is 7.75. The zero-order valence-corrected chi connectivity index (χ0v) is 13.2. The second-order valence-electron chi connectivity index (χ2n) is 6.33. The summed E-state index contributed by atoms with van der Waals surface area (Å²) in [6.45, 7) is 7.65. The molecule has 1 aliphatic rings. The molecule has 0 saturated carbocycles. The predicted octanol–water partition coefficient (Wildman–Crippen LogP) is 1.97. The highest BCUT2D eigenvalue weighted by atomic mass is 16.5. The minimum absolute atomic E-state index is 0.160. The van der Waals surface area contributed by atoms with Gasteiger partial charge in [-0.2, -0.15) is 0 Å². The quantitative estimate of drug-likeness (QED) is 0.750. The number of aliphatic hydroxyl groups excluding tert-OH is 1. The van der Waals surface area contributed by atoms with E-state index in [9.17, 15) is 10.2 Å². The predicted molar refractivity (Wildman–Crippen MR) is 83.3 cm³/mol. The molecular formula is C17H27NO3. The fourth-order valence-electron chi connectivity index (χ4n) is 2.65. The fourth-order valence-corrected chi connectivity index (χ4v) is 2.65. The van der Waals surface area contributed by atoms with Crippen LogP contribution in [-0.2, 0) is 4.74 Å². The molecule has 1 heterocycles. The molecule has 4 nitrogen and oxygen atoms in total. The van der Waals surface area contributed by atoms with Crippen molar-refractivity contribution < 1.29 is 14.9 Å². The highest BCUT2D eigenvalue weighted by molar-refractivity contribution is 5.26. The Morgan fingerprint density at radius 1 is 1.29 bits per heavy atom. The summed E-state index contributed by atoms with van der Waals surface area (Å²) < 4.78 is 5.39. The van der Waals surface area contributed by atoms with Crippen LogP contribution in [0.4, 0.5) is 0 Å². The van der Waals surface area contributed by atoms with E-state index in [1.54, 1.807) is 0 Å². The van der Waals surface area contributed by atoms with Crippen molar-refractivity contribution in [3.05, 3.63) is 35.4 Å². The van der Waals surface area contributed by atoms with Gasteiger partial charge in [0.2, 0.25) is 0 Å². The van der Waals surface area contributed by atoms with Crippen molar-refractivity contribution in [3.8, 4) is 0 Å². The van der Waals surface area contributed by atoms with E-state index in [1.807, 2.05) is 19.1 Å². The number of aliphatic hydroxyl groups is 2. The molecule has 3 N–H and O–H groups in total. The maximum Gasteiger partial charge on any atom is 0.105 e. The molecule has 2 rings (SSSR count). The summed E-state index contributed by atoms with van der Waals surface area (Å²) in [6.07, 6.45) is -0.0831. The Hall–Kier alpha value is -0.940. The van der Waals surface area contributed by atoms with Gasteiger partial charge in [0.25, 0.3) is 0 Å². The molecule has 21 heavy (non-hydrogen) atoms. The van der Waals surface area contributed by atoms with Crippen LogP contribution in [0, 0.1) is 0 Å². The molecule has 0 aromatic heterocycles. The Balaban J connectivity index is 1.83. The fraction of sp³-hybridized carbons (Fsp3) is 0.647. The largest absolute Gasteiger partial charge is 0.387 e. The molecule has 3 atom stereocenters. The first kappa shape index (κ1) is 16.4. The molecule has 1 aliphatic heterocycles. The van der Waals surface area contributed by atoms with Crippen LogP contribution in [0.1, 0.15) is 50.3 Å². The molecule has 1 aromatic rings. The first-order valence-electron chi connectivity index (χ1n) is 7.75. The molecule has 4 heteroatoms. The van der Waals surface area contributed by atoms with Gasteiger partial charge in [0.05, 0.1) is 12.2 Å². The van der Waals surface area contributed by atoms with E-state index < -0.39 is 11.7 Å². The van der Waals surface area contributed by atoms with Crippen LogP contribution in [0.5, 0.6) is 0 Å². The summed E-state index contributed by atoms with van der Waals surface area (Å²) in [7, 11) is 0.